The van der Waals surface area contributed by atoms with Crippen LogP contribution in [0.15, 0.2) is 11.0 Å². The van der Waals surface area contributed by atoms with Gasteiger partial charge in [-0.15, -0.1) is 0 Å². The second-order valence-corrected chi connectivity index (χ2v) is 5.30. The maximum Gasteiger partial charge on any atom is 0.287 e. The van der Waals surface area contributed by atoms with Crippen LogP contribution in [-0.2, 0) is 16.1 Å². The van der Waals surface area contributed by atoms with E-state index in [1.807, 2.05) is 13.8 Å². The third-order valence-electron chi connectivity index (χ3n) is 2.69. The highest BCUT2D eigenvalue weighted by molar-refractivity contribution is 6.33. The van der Waals surface area contributed by atoms with Crippen LogP contribution in [0.3, 0.4) is 0 Å². The molecule has 0 bridgehead atoms. The molecule has 1 aromatic rings. The predicted octanol–water partition coefficient (Wildman–Crippen LogP) is 0.868. The SMILES string of the molecule is COCCn1ncc(NC(C)C(=O)NC(C)C)c(Cl)c1=O. The molecule has 0 spiro atoms. The maximum atomic E-state index is 12.0. The zero-order chi connectivity index (χ0) is 16.0. The summed E-state index contributed by atoms with van der Waals surface area (Å²) in [5.74, 6) is -0.176. The first-order chi connectivity index (χ1) is 9.86. The molecule has 1 heterocycles. The molecule has 0 fully saturated rings. The average molecular weight is 317 g/mol. The second-order valence-electron chi connectivity index (χ2n) is 4.92. The third-order valence-corrected chi connectivity index (χ3v) is 3.05. The summed E-state index contributed by atoms with van der Waals surface area (Å²) in [6.07, 6.45) is 1.43. The Kier molecular flexibility index (Phi) is 6.64. The molecule has 0 aliphatic heterocycles. The highest BCUT2D eigenvalue weighted by Gasteiger charge is 2.16. The number of ether oxygens (including phenoxy) is 1. The number of nitrogens with one attached hydrogen (secondary N) is 2. The number of hydrogen-bond donors (Lipinski definition) is 2. The Hall–Kier alpha value is -1.60. The highest BCUT2D eigenvalue weighted by atomic mass is 35.5. The number of methoxy groups -OCH3 is 1. The van der Waals surface area contributed by atoms with Crippen molar-refractivity contribution in [2.24, 2.45) is 0 Å². The Labute approximate surface area is 128 Å². The minimum absolute atomic E-state index is 0.00491. The summed E-state index contributed by atoms with van der Waals surface area (Å²) in [6, 6.07) is -0.488. The minimum Gasteiger partial charge on any atom is -0.383 e. The van der Waals surface area contributed by atoms with Gasteiger partial charge in [0, 0.05) is 13.2 Å². The first-order valence-electron chi connectivity index (χ1n) is 6.68. The topological polar surface area (TPSA) is 85.2 Å². The van der Waals surface area contributed by atoms with E-state index in [4.69, 9.17) is 16.3 Å². The monoisotopic (exact) mass is 316 g/mol. The Morgan fingerprint density at radius 2 is 2.14 bits per heavy atom. The number of rotatable bonds is 7. The normalized spacial score (nSPS) is 12.3. The zero-order valence-electron chi connectivity index (χ0n) is 12.6. The highest BCUT2D eigenvalue weighted by Crippen LogP contribution is 2.16. The quantitative estimate of drug-likeness (QED) is 0.779. The lowest BCUT2D eigenvalue weighted by molar-refractivity contribution is -0.122. The molecule has 1 rings (SSSR count). The van der Waals surface area contributed by atoms with E-state index >= 15 is 0 Å². The summed E-state index contributed by atoms with van der Waals surface area (Å²) >= 11 is 6.02. The smallest absolute Gasteiger partial charge is 0.287 e. The lowest BCUT2D eigenvalue weighted by Crippen LogP contribution is -2.41. The van der Waals surface area contributed by atoms with Gasteiger partial charge in [0.2, 0.25) is 5.91 Å². The fraction of sp³-hybridized carbons (Fsp3) is 0.615. The number of carbonyl (C=O) groups excluding carboxylic acids is 1. The number of hydrogen-bond acceptors (Lipinski definition) is 5. The number of nitrogens with zero attached hydrogens (tertiary/aromatic N) is 2. The van der Waals surface area contributed by atoms with Crippen LogP contribution in [0.5, 0.6) is 0 Å². The number of anilines is 1. The van der Waals surface area contributed by atoms with E-state index in [2.05, 4.69) is 15.7 Å². The van der Waals surface area contributed by atoms with E-state index in [0.717, 1.165) is 0 Å². The summed E-state index contributed by atoms with van der Waals surface area (Å²) < 4.78 is 6.11. The van der Waals surface area contributed by atoms with Crippen LogP contribution in [0.1, 0.15) is 20.8 Å². The standard InChI is InChI=1S/C13H21ClN4O3/c1-8(2)16-12(19)9(3)17-10-7-15-18(5-6-21-4)13(20)11(10)14/h7-9,17H,5-6H2,1-4H3,(H,16,19). The summed E-state index contributed by atoms with van der Waals surface area (Å²) in [5.41, 5.74) is -0.0862. The van der Waals surface area contributed by atoms with Crippen molar-refractivity contribution in [1.29, 1.82) is 0 Å². The first kappa shape index (κ1) is 17.5. The number of halogens is 1. The van der Waals surface area contributed by atoms with Crippen molar-refractivity contribution in [3.05, 3.63) is 21.6 Å². The van der Waals surface area contributed by atoms with Gasteiger partial charge in [0.05, 0.1) is 25.0 Å². The second kappa shape index (κ2) is 7.99. The van der Waals surface area contributed by atoms with Crippen molar-refractivity contribution < 1.29 is 9.53 Å². The van der Waals surface area contributed by atoms with Gasteiger partial charge < -0.3 is 15.4 Å². The lowest BCUT2D eigenvalue weighted by Gasteiger charge is -2.17. The molecule has 1 unspecified atom stereocenters. The van der Waals surface area contributed by atoms with Gasteiger partial charge in [0.25, 0.3) is 5.56 Å². The number of aromatic nitrogens is 2. The fourth-order valence-corrected chi connectivity index (χ4v) is 1.81. The molecule has 1 aromatic heterocycles. The van der Waals surface area contributed by atoms with Crippen LogP contribution in [0, 0.1) is 0 Å². The van der Waals surface area contributed by atoms with Gasteiger partial charge in [0.1, 0.15) is 11.1 Å². The molecule has 0 saturated carbocycles. The molecule has 1 amide bonds. The Morgan fingerprint density at radius 3 is 2.71 bits per heavy atom. The molecule has 0 saturated heterocycles. The number of amides is 1. The van der Waals surface area contributed by atoms with E-state index in [1.54, 1.807) is 6.92 Å². The summed E-state index contributed by atoms with van der Waals surface area (Å²) in [5, 5.41) is 9.66. The molecule has 0 aromatic carbocycles. The van der Waals surface area contributed by atoms with E-state index in [1.165, 1.54) is 18.0 Å². The van der Waals surface area contributed by atoms with Gasteiger partial charge in [-0.1, -0.05) is 11.6 Å². The van der Waals surface area contributed by atoms with Crippen LogP contribution in [0.2, 0.25) is 5.02 Å². The van der Waals surface area contributed by atoms with Crippen molar-refractivity contribution in [2.75, 3.05) is 19.0 Å². The van der Waals surface area contributed by atoms with Crippen LogP contribution in [0.4, 0.5) is 5.69 Å². The molecule has 21 heavy (non-hydrogen) atoms. The molecule has 0 aliphatic rings. The van der Waals surface area contributed by atoms with Gasteiger partial charge in [-0.05, 0) is 20.8 Å². The van der Waals surface area contributed by atoms with Gasteiger partial charge in [0.15, 0.2) is 0 Å². The van der Waals surface area contributed by atoms with Crippen molar-refractivity contribution in [2.45, 2.75) is 39.4 Å². The van der Waals surface area contributed by atoms with Crippen molar-refractivity contribution in [3.63, 3.8) is 0 Å². The van der Waals surface area contributed by atoms with Gasteiger partial charge in [-0.2, -0.15) is 5.10 Å². The largest absolute Gasteiger partial charge is 0.383 e. The molecule has 8 heteroatoms. The fourth-order valence-electron chi connectivity index (χ4n) is 1.61. The molecule has 0 aliphatic carbocycles. The van der Waals surface area contributed by atoms with Crippen LogP contribution < -0.4 is 16.2 Å². The molecule has 118 valence electrons. The van der Waals surface area contributed by atoms with E-state index in [-0.39, 0.29) is 17.0 Å². The van der Waals surface area contributed by atoms with E-state index in [0.29, 0.717) is 18.8 Å². The van der Waals surface area contributed by atoms with Crippen LogP contribution >= 0.6 is 11.6 Å². The molecule has 0 radical (unpaired) electrons. The summed E-state index contributed by atoms with van der Waals surface area (Å²) in [6.45, 7) is 6.11. The Balaban J connectivity index is 2.83. The maximum absolute atomic E-state index is 12.0. The summed E-state index contributed by atoms with van der Waals surface area (Å²) in [4.78, 5) is 23.8. The summed E-state index contributed by atoms with van der Waals surface area (Å²) in [7, 11) is 1.54. The lowest BCUT2D eigenvalue weighted by atomic mass is 10.2. The van der Waals surface area contributed by atoms with Gasteiger partial charge >= 0.3 is 0 Å². The van der Waals surface area contributed by atoms with Crippen LogP contribution in [0.25, 0.3) is 0 Å². The zero-order valence-corrected chi connectivity index (χ0v) is 13.4. The van der Waals surface area contributed by atoms with Crippen molar-refractivity contribution >= 4 is 23.2 Å². The van der Waals surface area contributed by atoms with Crippen molar-refractivity contribution in [1.82, 2.24) is 15.1 Å². The average Bonchev–Trinajstić information content (AvgIpc) is 2.42. The Morgan fingerprint density at radius 1 is 1.48 bits per heavy atom. The first-order valence-corrected chi connectivity index (χ1v) is 7.06. The molecule has 2 N–H and O–H groups in total. The third kappa shape index (κ3) is 5.02. The predicted molar refractivity (Wildman–Crippen MR) is 81.7 cm³/mol. The van der Waals surface area contributed by atoms with E-state index in [9.17, 15) is 9.59 Å². The Bertz CT molecular complexity index is 545. The minimum atomic E-state index is -0.527. The molecule has 1 atom stereocenters. The molecule has 7 nitrogen and oxygen atoms in total. The van der Waals surface area contributed by atoms with Crippen molar-refractivity contribution in [3.8, 4) is 0 Å². The molecular formula is C13H21ClN4O3. The number of carbonyl (C=O) groups is 1. The van der Waals surface area contributed by atoms with E-state index < -0.39 is 11.6 Å². The van der Waals surface area contributed by atoms with Gasteiger partial charge in [-0.25, -0.2) is 4.68 Å². The van der Waals surface area contributed by atoms with Gasteiger partial charge in [-0.3, -0.25) is 9.59 Å². The van der Waals surface area contributed by atoms with Crippen LogP contribution in [-0.4, -0.2) is 41.5 Å². The molecular weight excluding hydrogens is 296 g/mol.